The standard InChI is InChI=1S/C4H8N2O/c1-2-3-7-4(5)6/h2H,1,3H2,(H3,5,6). The Morgan fingerprint density at radius 3 is 2.71 bits per heavy atom. The summed E-state index contributed by atoms with van der Waals surface area (Å²) in [6.45, 7) is 3.67. The van der Waals surface area contributed by atoms with Gasteiger partial charge < -0.3 is 10.5 Å². The van der Waals surface area contributed by atoms with Gasteiger partial charge in [0, 0.05) is 0 Å². The molecule has 7 heavy (non-hydrogen) atoms. The van der Waals surface area contributed by atoms with Crippen LogP contribution in [0.15, 0.2) is 12.7 Å². The predicted molar refractivity (Wildman–Crippen MR) is 28.1 cm³/mol. The number of hydrogen-bond acceptors (Lipinski definition) is 2. The smallest absolute Gasteiger partial charge is 0.279 e. The molecule has 0 aromatic heterocycles. The van der Waals surface area contributed by atoms with Crippen LogP contribution in [0.2, 0.25) is 0 Å². The van der Waals surface area contributed by atoms with Gasteiger partial charge in [-0.05, 0) is 0 Å². The van der Waals surface area contributed by atoms with Crippen molar-refractivity contribution < 1.29 is 4.74 Å². The molecule has 0 spiro atoms. The van der Waals surface area contributed by atoms with Crippen LogP contribution in [0.1, 0.15) is 0 Å². The highest BCUT2D eigenvalue weighted by atomic mass is 16.5. The van der Waals surface area contributed by atoms with Crippen LogP contribution in [-0.2, 0) is 4.74 Å². The second-order valence-electron chi connectivity index (χ2n) is 0.964. The first kappa shape index (κ1) is 6.01. The van der Waals surface area contributed by atoms with Crippen molar-refractivity contribution in [1.82, 2.24) is 0 Å². The van der Waals surface area contributed by atoms with E-state index in [1.54, 1.807) is 0 Å². The maximum atomic E-state index is 6.51. The molecule has 0 aliphatic heterocycles. The molecule has 0 bridgehead atoms. The molecule has 0 unspecified atom stereocenters. The third kappa shape index (κ3) is 5.01. The summed E-state index contributed by atoms with van der Waals surface area (Å²) in [6, 6.07) is -0.264. The van der Waals surface area contributed by atoms with Gasteiger partial charge in [-0.15, -0.1) is 0 Å². The van der Waals surface area contributed by atoms with Crippen LogP contribution >= 0.6 is 0 Å². The average Bonchev–Trinajstić information content (AvgIpc) is 1.61. The SMILES string of the molecule is C=CCOC(=N)N. The summed E-state index contributed by atoms with van der Waals surface area (Å²) in [5.41, 5.74) is 4.79. The zero-order valence-electron chi connectivity index (χ0n) is 3.98. The van der Waals surface area contributed by atoms with Crippen LogP contribution in [0.4, 0.5) is 0 Å². The first-order valence-electron chi connectivity index (χ1n) is 1.85. The second-order valence-corrected chi connectivity index (χ2v) is 0.964. The van der Waals surface area contributed by atoms with Crippen LogP contribution in [0.5, 0.6) is 0 Å². The minimum atomic E-state index is -0.264. The van der Waals surface area contributed by atoms with E-state index in [-0.39, 0.29) is 6.02 Å². The molecular weight excluding hydrogens is 92.1 g/mol. The monoisotopic (exact) mass is 100 g/mol. The minimum Gasteiger partial charge on any atom is -0.461 e. The molecule has 0 saturated carbocycles. The lowest BCUT2D eigenvalue weighted by atomic mass is 10.7. The quantitative estimate of drug-likeness (QED) is 0.293. The van der Waals surface area contributed by atoms with E-state index in [9.17, 15) is 0 Å². The summed E-state index contributed by atoms with van der Waals surface area (Å²) < 4.78 is 4.43. The number of nitrogens with two attached hydrogens (primary N) is 1. The van der Waals surface area contributed by atoms with Gasteiger partial charge in [0.15, 0.2) is 0 Å². The fourth-order valence-electron chi connectivity index (χ4n) is 0.149. The third-order valence-corrected chi connectivity index (χ3v) is 0.357. The van der Waals surface area contributed by atoms with Crippen molar-refractivity contribution in [1.29, 1.82) is 5.41 Å². The van der Waals surface area contributed by atoms with E-state index in [0.29, 0.717) is 6.61 Å². The number of rotatable bonds is 2. The van der Waals surface area contributed by atoms with Gasteiger partial charge in [0.1, 0.15) is 6.61 Å². The molecule has 0 fully saturated rings. The maximum absolute atomic E-state index is 6.51. The molecule has 0 atom stereocenters. The van der Waals surface area contributed by atoms with Crippen LogP contribution in [0.25, 0.3) is 0 Å². The maximum Gasteiger partial charge on any atom is 0.279 e. The Labute approximate surface area is 42.3 Å². The lowest BCUT2D eigenvalue weighted by molar-refractivity contribution is 0.341. The molecular formula is C4H8N2O. The molecule has 0 radical (unpaired) electrons. The molecule has 0 rings (SSSR count). The Bertz CT molecular complexity index is 79.8. The van der Waals surface area contributed by atoms with E-state index in [1.807, 2.05) is 0 Å². The molecule has 0 aromatic carbocycles. The second kappa shape index (κ2) is 3.21. The summed E-state index contributed by atoms with van der Waals surface area (Å²) in [4.78, 5) is 0. The van der Waals surface area contributed by atoms with E-state index in [4.69, 9.17) is 11.1 Å². The van der Waals surface area contributed by atoms with E-state index >= 15 is 0 Å². The van der Waals surface area contributed by atoms with Crippen molar-refractivity contribution in [2.45, 2.75) is 0 Å². The molecule has 0 aliphatic rings. The van der Waals surface area contributed by atoms with Gasteiger partial charge in [0.2, 0.25) is 0 Å². The highest BCUT2D eigenvalue weighted by molar-refractivity contribution is 5.67. The first-order valence-corrected chi connectivity index (χ1v) is 1.85. The van der Waals surface area contributed by atoms with Crippen LogP contribution < -0.4 is 5.73 Å². The Morgan fingerprint density at radius 2 is 2.57 bits per heavy atom. The topological polar surface area (TPSA) is 59.1 Å². The highest BCUT2D eigenvalue weighted by Gasteiger charge is 1.78. The molecule has 3 N–H and O–H groups in total. The lowest BCUT2D eigenvalue weighted by Crippen LogP contribution is -2.13. The van der Waals surface area contributed by atoms with Gasteiger partial charge in [-0.25, -0.2) is 0 Å². The van der Waals surface area contributed by atoms with E-state index in [1.165, 1.54) is 6.08 Å². The zero-order chi connectivity index (χ0) is 5.70. The largest absolute Gasteiger partial charge is 0.461 e. The van der Waals surface area contributed by atoms with Crippen LogP contribution in [0.3, 0.4) is 0 Å². The lowest BCUT2D eigenvalue weighted by Gasteiger charge is -1.94. The number of nitrogens with one attached hydrogen (secondary N) is 1. The Hall–Kier alpha value is -0.990. The Kier molecular flexibility index (Phi) is 2.76. The Balaban J connectivity index is 2.97. The van der Waals surface area contributed by atoms with Gasteiger partial charge >= 0.3 is 0 Å². The predicted octanol–water partition coefficient (Wildman–Crippen LogP) is 0.0825. The number of hydrogen-bond donors (Lipinski definition) is 2. The average molecular weight is 100 g/mol. The molecule has 0 aromatic rings. The summed E-state index contributed by atoms with van der Waals surface area (Å²) in [6.07, 6.45) is 1.53. The van der Waals surface area contributed by atoms with E-state index < -0.39 is 0 Å². The zero-order valence-corrected chi connectivity index (χ0v) is 3.98. The molecule has 0 heterocycles. The van der Waals surface area contributed by atoms with Gasteiger partial charge in [-0.3, -0.25) is 5.41 Å². The Morgan fingerprint density at radius 1 is 2.00 bits per heavy atom. The third-order valence-electron chi connectivity index (χ3n) is 0.357. The van der Waals surface area contributed by atoms with E-state index in [2.05, 4.69) is 11.3 Å². The summed E-state index contributed by atoms with van der Waals surface area (Å²) in [5, 5.41) is 6.51. The fraction of sp³-hybridized carbons (Fsp3) is 0.250. The summed E-state index contributed by atoms with van der Waals surface area (Å²) >= 11 is 0. The van der Waals surface area contributed by atoms with Crippen LogP contribution in [-0.4, -0.2) is 12.6 Å². The first-order chi connectivity index (χ1) is 3.27. The van der Waals surface area contributed by atoms with Gasteiger partial charge in [-0.2, -0.15) is 0 Å². The van der Waals surface area contributed by atoms with Crippen molar-refractivity contribution >= 4 is 6.02 Å². The van der Waals surface area contributed by atoms with Gasteiger partial charge in [0.25, 0.3) is 6.02 Å². The minimum absolute atomic E-state index is 0.264. The van der Waals surface area contributed by atoms with Gasteiger partial charge in [-0.1, -0.05) is 12.7 Å². The van der Waals surface area contributed by atoms with Crippen molar-refractivity contribution in [2.75, 3.05) is 6.61 Å². The van der Waals surface area contributed by atoms with Crippen molar-refractivity contribution in [2.24, 2.45) is 5.73 Å². The number of amidine groups is 1. The van der Waals surface area contributed by atoms with Gasteiger partial charge in [0.05, 0.1) is 0 Å². The van der Waals surface area contributed by atoms with Crippen molar-refractivity contribution in [3.8, 4) is 0 Å². The van der Waals surface area contributed by atoms with E-state index in [0.717, 1.165) is 0 Å². The fourth-order valence-corrected chi connectivity index (χ4v) is 0.149. The summed E-state index contributed by atoms with van der Waals surface area (Å²) in [7, 11) is 0. The van der Waals surface area contributed by atoms with Crippen LogP contribution in [0, 0.1) is 5.41 Å². The molecule has 0 aliphatic carbocycles. The van der Waals surface area contributed by atoms with Crippen molar-refractivity contribution in [3.63, 3.8) is 0 Å². The van der Waals surface area contributed by atoms with Crippen molar-refractivity contribution in [3.05, 3.63) is 12.7 Å². The molecule has 40 valence electrons. The molecule has 3 heteroatoms. The highest BCUT2D eigenvalue weighted by Crippen LogP contribution is 1.68. The molecule has 0 saturated heterocycles. The molecule has 3 nitrogen and oxygen atoms in total. The number of ether oxygens (including phenoxy) is 1. The molecule has 0 amide bonds. The normalized spacial score (nSPS) is 7.43. The summed E-state index contributed by atoms with van der Waals surface area (Å²) in [5.74, 6) is 0.